The van der Waals surface area contributed by atoms with Gasteiger partial charge in [0.15, 0.2) is 0 Å². The lowest BCUT2D eigenvalue weighted by molar-refractivity contribution is 0.108. The third-order valence-electron chi connectivity index (χ3n) is 2.91. The Morgan fingerprint density at radius 1 is 1.38 bits per heavy atom. The fraction of sp³-hybridized carbons (Fsp3) is 0.900. The van der Waals surface area contributed by atoms with Crippen LogP contribution in [0.1, 0.15) is 33.1 Å². The number of nitrogens with zero attached hydrogens (tertiary/aromatic N) is 2. The molecule has 2 unspecified atom stereocenters. The molecule has 0 aromatic heterocycles. The van der Waals surface area contributed by atoms with Crippen molar-refractivity contribution in [2.24, 2.45) is 4.99 Å². The van der Waals surface area contributed by atoms with Gasteiger partial charge in [-0.2, -0.15) is 0 Å². The highest BCUT2D eigenvalue weighted by Gasteiger charge is 2.23. The molecule has 3 heteroatoms. The van der Waals surface area contributed by atoms with Crippen molar-refractivity contribution in [3.05, 3.63) is 0 Å². The zero-order chi connectivity index (χ0) is 9.68. The predicted molar refractivity (Wildman–Crippen MR) is 52.5 cm³/mol. The van der Waals surface area contributed by atoms with Gasteiger partial charge >= 0.3 is 0 Å². The maximum absolute atomic E-state index is 9.90. The molecule has 13 heavy (non-hydrogen) atoms. The molecule has 0 saturated carbocycles. The molecule has 1 heterocycles. The van der Waals surface area contributed by atoms with Crippen LogP contribution in [0.3, 0.4) is 0 Å². The van der Waals surface area contributed by atoms with Crippen molar-refractivity contribution >= 4 is 6.08 Å². The van der Waals surface area contributed by atoms with Gasteiger partial charge in [-0.1, -0.05) is 6.42 Å². The van der Waals surface area contributed by atoms with Gasteiger partial charge in [0.1, 0.15) is 0 Å². The molecule has 2 atom stereocenters. The number of aliphatic imine (C=N–C) groups is 1. The summed E-state index contributed by atoms with van der Waals surface area (Å²) in [7, 11) is 0. The molecule has 0 aromatic rings. The van der Waals surface area contributed by atoms with Crippen LogP contribution in [0.2, 0.25) is 0 Å². The zero-order valence-corrected chi connectivity index (χ0v) is 8.49. The standard InChI is InChI=1S/C10H18N2O/c1-9-4-3-5-10(2)12(9)7-6-11-8-13/h9-10H,3-7H2,1-2H3. The van der Waals surface area contributed by atoms with E-state index in [2.05, 4.69) is 23.7 Å². The van der Waals surface area contributed by atoms with Crippen molar-refractivity contribution in [1.29, 1.82) is 0 Å². The molecule has 0 aliphatic carbocycles. The van der Waals surface area contributed by atoms with Crippen LogP contribution >= 0.6 is 0 Å². The van der Waals surface area contributed by atoms with E-state index in [1.165, 1.54) is 19.3 Å². The second-order valence-corrected chi connectivity index (χ2v) is 3.84. The van der Waals surface area contributed by atoms with Gasteiger partial charge in [-0.25, -0.2) is 9.79 Å². The van der Waals surface area contributed by atoms with Crippen LogP contribution in [-0.4, -0.2) is 36.2 Å². The third-order valence-corrected chi connectivity index (χ3v) is 2.91. The topological polar surface area (TPSA) is 32.7 Å². The van der Waals surface area contributed by atoms with Crippen LogP contribution < -0.4 is 0 Å². The van der Waals surface area contributed by atoms with Crippen LogP contribution in [0, 0.1) is 0 Å². The molecule has 0 radical (unpaired) electrons. The molecule has 1 fully saturated rings. The Balaban J connectivity index is 2.39. The fourth-order valence-corrected chi connectivity index (χ4v) is 2.13. The van der Waals surface area contributed by atoms with Crippen molar-refractivity contribution in [3.8, 4) is 0 Å². The molecule has 74 valence electrons. The summed E-state index contributed by atoms with van der Waals surface area (Å²) in [5.41, 5.74) is 0. The van der Waals surface area contributed by atoms with E-state index in [0.717, 1.165) is 6.54 Å². The second kappa shape index (κ2) is 5.15. The summed E-state index contributed by atoms with van der Waals surface area (Å²) < 4.78 is 0. The summed E-state index contributed by atoms with van der Waals surface area (Å²) in [6, 6.07) is 1.29. The van der Waals surface area contributed by atoms with E-state index in [1.807, 2.05) is 0 Å². The Kier molecular flexibility index (Phi) is 4.13. The van der Waals surface area contributed by atoms with Gasteiger partial charge in [0.25, 0.3) is 0 Å². The number of piperidine rings is 1. The Bertz CT molecular complexity index is 189. The normalized spacial score (nSPS) is 29.7. The fourth-order valence-electron chi connectivity index (χ4n) is 2.13. The van der Waals surface area contributed by atoms with Gasteiger partial charge in [-0.15, -0.1) is 0 Å². The molecule has 1 aliphatic heterocycles. The van der Waals surface area contributed by atoms with E-state index in [9.17, 15) is 4.79 Å². The third kappa shape index (κ3) is 2.94. The van der Waals surface area contributed by atoms with E-state index in [-0.39, 0.29) is 0 Å². The highest BCUT2D eigenvalue weighted by Crippen LogP contribution is 2.21. The molecule has 1 aliphatic rings. The van der Waals surface area contributed by atoms with Gasteiger partial charge in [0, 0.05) is 18.6 Å². The Morgan fingerprint density at radius 3 is 2.54 bits per heavy atom. The van der Waals surface area contributed by atoms with E-state index >= 15 is 0 Å². The molecule has 0 spiro atoms. The average Bonchev–Trinajstić information content (AvgIpc) is 2.10. The van der Waals surface area contributed by atoms with Crippen molar-refractivity contribution in [2.75, 3.05) is 13.1 Å². The molecular weight excluding hydrogens is 164 g/mol. The second-order valence-electron chi connectivity index (χ2n) is 3.84. The number of hydrogen-bond acceptors (Lipinski definition) is 3. The minimum absolute atomic E-state index is 0.595. The van der Waals surface area contributed by atoms with E-state index in [4.69, 9.17) is 0 Å². The first-order chi connectivity index (χ1) is 6.25. The first kappa shape index (κ1) is 10.4. The lowest BCUT2D eigenvalue weighted by atomic mass is 9.98. The minimum Gasteiger partial charge on any atom is -0.296 e. The summed E-state index contributed by atoms with van der Waals surface area (Å²) in [6.07, 6.45) is 5.46. The number of likely N-dealkylation sites (tertiary alicyclic amines) is 1. The molecule has 0 aromatic carbocycles. The number of rotatable bonds is 3. The van der Waals surface area contributed by atoms with Gasteiger partial charge in [0.05, 0.1) is 6.54 Å². The summed E-state index contributed by atoms with van der Waals surface area (Å²) in [5, 5.41) is 0. The van der Waals surface area contributed by atoms with Crippen LogP contribution in [0.5, 0.6) is 0 Å². The SMILES string of the molecule is CC1CCCC(C)N1CCN=C=O. The van der Waals surface area contributed by atoms with Crippen molar-refractivity contribution in [3.63, 3.8) is 0 Å². The smallest absolute Gasteiger partial charge is 0.234 e. The lowest BCUT2D eigenvalue weighted by Crippen LogP contribution is -2.44. The summed E-state index contributed by atoms with van der Waals surface area (Å²) in [4.78, 5) is 15.9. The zero-order valence-electron chi connectivity index (χ0n) is 8.49. The molecule has 0 bridgehead atoms. The molecule has 1 saturated heterocycles. The number of carbonyl (C=O) groups excluding carboxylic acids is 1. The molecular formula is C10H18N2O. The highest BCUT2D eigenvalue weighted by molar-refractivity contribution is 5.32. The average molecular weight is 182 g/mol. The first-order valence-electron chi connectivity index (χ1n) is 5.05. The maximum atomic E-state index is 9.90. The highest BCUT2D eigenvalue weighted by atomic mass is 16.1. The molecule has 0 amide bonds. The van der Waals surface area contributed by atoms with Crippen molar-refractivity contribution in [1.82, 2.24) is 4.90 Å². The lowest BCUT2D eigenvalue weighted by Gasteiger charge is -2.38. The van der Waals surface area contributed by atoms with Gasteiger partial charge in [-0.05, 0) is 26.7 Å². The molecule has 0 N–H and O–H groups in total. The maximum Gasteiger partial charge on any atom is 0.234 e. The van der Waals surface area contributed by atoms with Gasteiger partial charge < -0.3 is 0 Å². The Hall–Kier alpha value is -0.660. The molecule has 1 rings (SSSR count). The Labute approximate surface area is 79.8 Å². The van der Waals surface area contributed by atoms with Crippen molar-refractivity contribution in [2.45, 2.75) is 45.2 Å². The number of hydrogen-bond donors (Lipinski definition) is 0. The minimum atomic E-state index is 0.595. The van der Waals surface area contributed by atoms with E-state index in [0.29, 0.717) is 18.6 Å². The van der Waals surface area contributed by atoms with Crippen LogP contribution in [0.4, 0.5) is 0 Å². The predicted octanol–water partition coefficient (Wildman–Crippen LogP) is 1.59. The first-order valence-corrected chi connectivity index (χ1v) is 5.05. The summed E-state index contributed by atoms with van der Waals surface area (Å²) in [5.74, 6) is 0. The summed E-state index contributed by atoms with van der Waals surface area (Å²) >= 11 is 0. The van der Waals surface area contributed by atoms with Crippen LogP contribution in [0.25, 0.3) is 0 Å². The quantitative estimate of drug-likeness (QED) is 0.490. The van der Waals surface area contributed by atoms with E-state index < -0.39 is 0 Å². The van der Waals surface area contributed by atoms with Gasteiger partial charge in [0.2, 0.25) is 6.08 Å². The van der Waals surface area contributed by atoms with Crippen LogP contribution in [0.15, 0.2) is 4.99 Å². The largest absolute Gasteiger partial charge is 0.296 e. The van der Waals surface area contributed by atoms with Crippen LogP contribution in [-0.2, 0) is 4.79 Å². The van der Waals surface area contributed by atoms with E-state index in [1.54, 1.807) is 6.08 Å². The molecule has 3 nitrogen and oxygen atoms in total. The Morgan fingerprint density at radius 2 is 2.00 bits per heavy atom. The summed E-state index contributed by atoms with van der Waals surface area (Å²) in [6.45, 7) is 6.00. The van der Waals surface area contributed by atoms with Crippen molar-refractivity contribution < 1.29 is 4.79 Å². The monoisotopic (exact) mass is 182 g/mol. The van der Waals surface area contributed by atoms with Gasteiger partial charge in [-0.3, -0.25) is 4.90 Å². The number of isocyanates is 1.